The van der Waals surface area contributed by atoms with Crippen molar-refractivity contribution in [2.45, 2.75) is 6.92 Å². The van der Waals surface area contributed by atoms with E-state index in [1.165, 1.54) is 27.4 Å². The Hall–Kier alpha value is -5.28. The van der Waals surface area contributed by atoms with E-state index in [1.54, 1.807) is 0 Å². The highest BCUT2D eigenvalue weighted by atomic mass is 16.3. The van der Waals surface area contributed by atoms with Crippen molar-refractivity contribution in [1.29, 1.82) is 0 Å². The van der Waals surface area contributed by atoms with Crippen molar-refractivity contribution in [3.8, 4) is 16.8 Å². The number of benzene rings is 6. The lowest BCUT2D eigenvalue weighted by molar-refractivity contribution is 0.668. The van der Waals surface area contributed by atoms with Gasteiger partial charge in [-0.05, 0) is 72.1 Å². The van der Waals surface area contributed by atoms with Gasteiger partial charge in [-0.25, -0.2) is 0 Å². The number of hydrogen-bond donors (Lipinski definition) is 0. The van der Waals surface area contributed by atoms with Crippen molar-refractivity contribution in [3.05, 3.63) is 127 Å². The topological polar surface area (TPSA) is 31.2 Å². The van der Waals surface area contributed by atoms with E-state index in [0.717, 1.165) is 60.7 Å². The zero-order valence-electron chi connectivity index (χ0n) is 21.8. The number of nitrogens with zero attached hydrogens (tertiary/aromatic N) is 1. The van der Waals surface area contributed by atoms with Crippen molar-refractivity contribution in [2.24, 2.45) is 0 Å². The third-order valence-corrected chi connectivity index (χ3v) is 8.26. The van der Waals surface area contributed by atoms with Gasteiger partial charge in [-0.2, -0.15) is 0 Å². The first-order chi connectivity index (χ1) is 19.7. The Morgan fingerprint density at radius 3 is 1.93 bits per heavy atom. The highest BCUT2D eigenvalue weighted by Crippen LogP contribution is 2.40. The van der Waals surface area contributed by atoms with Gasteiger partial charge in [0.2, 0.25) is 0 Å². The molecule has 3 heterocycles. The minimum Gasteiger partial charge on any atom is -0.456 e. The molecule has 0 fully saturated rings. The average Bonchev–Trinajstić information content (AvgIpc) is 3.65. The third-order valence-electron chi connectivity index (χ3n) is 8.26. The number of aromatic nitrogens is 1. The molecule has 0 aliphatic carbocycles. The fourth-order valence-corrected chi connectivity index (χ4v) is 6.45. The van der Waals surface area contributed by atoms with E-state index >= 15 is 0 Å². The fraction of sp³-hybridized carbons (Fsp3) is 0.0270. The van der Waals surface area contributed by atoms with Crippen LogP contribution in [-0.2, 0) is 0 Å². The van der Waals surface area contributed by atoms with E-state index in [2.05, 4.69) is 133 Å². The maximum absolute atomic E-state index is 6.49. The van der Waals surface area contributed by atoms with E-state index in [-0.39, 0.29) is 0 Å². The van der Waals surface area contributed by atoms with E-state index in [9.17, 15) is 0 Å². The molecule has 0 bridgehead atoms. The Bertz CT molecular complexity index is 2400. The van der Waals surface area contributed by atoms with Crippen LogP contribution in [0.15, 0.2) is 130 Å². The van der Waals surface area contributed by atoms with Crippen LogP contribution in [0.3, 0.4) is 0 Å². The summed E-state index contributed by atoms with van der Waals surface area (Å²) < 4.78 is 15.1. The molecule has 0 atom stereocenters. The minimum absolute atomic E-state index is 0.877. The quantitative estimate of drug-likeness (QED) is 0.230. The van der Waals surface area contributed by atoms with Crippen LogP contribution in [0, 0.1) is 6.92 Å². The summed E-state index contributed by atoms with van der Waals surface area (Å²) in [5, 5.41) is 7.02. The normalized spacial score (nSPS) is 12.1. The molecule has 0 spiro atoms. The highest BCUT2D eigenvalue weighted by molar-refractivity contribution is 6.14. The summed E-state index contributed by atoms with van der Waals surface area (Å²) >= 11 is 0. The van der Waals surface area contributed by atoms with Gasteiger partial charge in [-0.3, -0.25) is 0 Å². The second kappa shape index (κ2) is 7.87. The summed E-state index contributed by atoms with van der Waals surface area (Å²) in [5.41, 5.74) is 10.5. The maximum Gasteiger partial charge on any atom is 0.137 e. The number of hydrogen-bond acceptors (Lipinski definition) is 2. The van der Waals surface area contributed by atoms with Crippen molar-refractivity contribution >= 4 is 65.7 Å². The lowest BCUT2D eigenvalue weighted by Crippen LogP contribution is -1.93. The Balaban J connectivity index is 1.26. The summed E-state index contributed by atoms with van der Waals surface area (Å²) in [7, 11) is 0. The number of fused-ring (bicyclic) bond motifs is 9. The van der Waals surface area contributed by atoms with Crippen molar-refractivity contribution in [3.63, 3.8) is 0 Å². The van der Waals surface area contributed by atoms with Gasteiger partial charge in [0.15, 0.2) is 0 Å². The van der Waals surface area contributed by atoms with Gasteiger partial charge in [-0.15, -0.1) is 0 Å². The van der Waals surface area contributed by atoms with Crippen LogP contribution < -0.4 is 0 Å². The van der Waals surface area contributed by atoms with Crippen molar-refractivity contribution in [1.82, 2.24) is 4.57 Å². The Morgan fingerprint density at radius 1 is 0.475 bits per heavy atom. The summed E-state index contributed by atoms with van der Waals surface area (Å²) in [4.78, 5) is 0. The summed E-state index contributed by atoms with van der Waals surface area (Å²) in [6.45, 7) is 2.09. The molecular formula is C37H23NO2. The van der Waals surface area contributed by atoms with Gasteiger partial charge in [0.05, 0.1) is 11.0 Å². The smallest absolute Gasteiger partial charge is 0.137 e. The summed E-state index contributed by atoms with van der Waals surface area (Å²) in [6.07, 6.45) is 0. The molecule has 0 saturated carbocycles. The van der Waals surface area contributed by atoms with E-state index in [1.807, 2.05) is 0 Å². The lowest BCUT2D eigenvalue weighted by atomic mass is 9.98. The molecule has 0 radical (unpaired) electrons. The largest absolute Gasteiger partial charge is 0.456 e. The zero-order valence-corrected chi connectivity index (χ0v) is 21.8. The van der Waals surface area contributed by atoms with Gasteiger partial charge >= 0.3 is 0 Å². The molecule has 0 unspecified atom stereocenters. The van der Waals surface area contributed by atoms with E-state index in [0.29, 0.717) is 0 Å². The van der Waals surface area contributed by atoms with Crippen molar-refractivity contribution in [2.75, 3.05) is 0 Å². The molecule has 0 saturated heterocycles. The number of furan rings is 2. The molecule has 3 nitrogen and oxygen atoms in total. The van der Waals surface area contributed by atoms with Crippen LogP contribution in [0.1, 0.15) is 5.56 Å². The number of para-hydroxylation sites is 2. The highest BCUT2D eigenvalue weighted by Gasteiger charge is 2.17. The zero-order chi connectivity index (χ0) is 26.4. The van der Waals surface area contributed by atoms with Crippen LogP contribution in [-0.4, -0.2) is 4.57 Å². The monoisotopic (exact) mass is 513 g/mol. The third kappa shape index (κ3) is 2.95. The second-order valence-corrected chi connectivity index (χ2v) is 10.6. The first-order valence-electron chi connectivity index (χ1n) is 13.6. The molecule has 40 heavy (non-hydrogen) atoms. The summed E-state index contributed by atoms with van der Waals surface area (Å²) in [5.74, 6) is 0. The Morgan fingerprint density at radius 2 is 1.12 bits per heavy atom. The van der Waals surface area contributed by atoms with Crippen LogP contribution in [0.5, 0.6) is 0 Å². The molecular weight excluding hydrogens is 490 g/mol. The predicted octanol–water partition coefficient (Wildman–Crippen LogP) is 10.6. The maximum atomic E-state index is 6.49. The SMILES string of the molecule is Cc1ccc2c(c1)oc1cc(-c3cccc4oc5cc(-n6c7ccccc7c7ccccc76)ccc5c34)ccc12. The van der Waals surface area contributed by atoms with Crippen molar-refractivity contribution < 1.29 is 8.83 Å². The summed E-state index contributed by atoms with van der Waals surface area (Å²) in [6, 6.07) is 43.0. The van der Waals surface area contributed by atoms with Gasteiger partial charge in [-0.1, -0.05) is 66.7 Å². The molecule has 0 aliphatic heterocycles. The first-order valence-corrected chi connectivity index (χ1v) is 13.6. The predicted molar refractivity (Wildman–Crippen MR) is 166 cm³/mol. The molecule has 9 aromatic rings. The number of aryl methyl sites for hydroxylation is 1. The van der Waals surface area contributed by atoms with E-state index in [4.69, 9.17) is 8.83 Å². The second-order valence-electron chi connectivity index (χ2n) is 10.6. The molecule has 3 heteroatoms. The van der Waals surface area contributed by atoms with Gasteiger partial charge in [0, 0.05) is 44.1 Å². The van der Waals surface area contributed by atoms with Crippen LogP contribution >= 0.6 is 0 Å². The van der Waals surface area contributed by atoms with Gasteiger partial charge in [0.25, 0.3) is 0 Å². The molecule has 0 amide bonds. The van der Waals surface area contributed by atoms with Gasteiger partial charge in [0.1, 0.15) is 22.3 Å². The molecule has 6 aromatic carbocycles. The lowest BCUT2D eigenvalue weighted by Gasteiger charge is -2.08. The Labute approximate surface area is 229 Å². The van der Waals surface area contributed by atoms with E-state index < -0.39 is 0 Å². The average molecular weight is 514 g/mol. The minimum atomic E-state index is 0.877. The van der Waals surface area contributed by atoms with Crippen LogP contribution in [0.2, 0.25) is 0 Å². The van der Waals surface area contributed by atoms with Crippen LogP contribution in [0.4, 0.5) is 0 Å². The number of rotatable bonds is 2. The molecule has 0 N–H and O–H groups in total. The fourth-order valence-electron chi connectivity index (χ4n) is 6.45. The van der Waals surface area contributed by atoms with Crippen LogP contribution in [0.25, 0.3) is 82.5 Å². The molecule has 0 aliphatic rings. The first kappa shape index (κ1) is 21.6. The van der Waals surface area contributed by atoms with Gasteiger partial charge < -0.3 is 13.4 Å². The molecule has 9 rings (SSSR count). The standard InChI is InChI=1S/C37H23NO2/c1-22-13-16-28-29-17-14-23(20-35(29)40-34(28)19-22)25-9-6-12-33-37(25)30-18-15-24(21-36(30)39-33)38-31-10-4-2-7-26(31)27-8-3-5-11-32(27)38/h2-21H,1H3. The molecule has 188 valence electrons. The molecule has 3 aromatic heterocycles. The Kier molecular flexibility index (Phi) is 4.26.